The van der Waals surface area contributed by atoms with Gasteiger partial charge in [-0.05, 0) is 53.6 Å². The summed E-state index contributed by atoms with van der Waals surface area (Å²) in [6.07, 6.45) is 3.32. The fraction of sp³-hybridized carbons (Fsp3) is 0.276. The zero-order chi connectivity index (χ0) is 24.8. The summed E-state index contributed by atoms with van der Waals surface area (Å²) < 4.78 is 36.9. The van der Waals surface area contributed by atoms with Crippen LogP contribution in [0.1, 0.15) is 47.6 Å². The molecular formula is C29H30O5S. The third-order valence-electron chi connectivity index (χ3n) is 6.15. The SMILES string of the molecule is CCCc1c(CCCOc2ccc(CC(=O)OC)cc2)ccc2c1S(=O)(=O)C=C2c1ccccc1. The summed E-state index contributed by atoms with van der Waals surface area (Å²) in [7, 11) is -2.12. The topological polar surface area (TPSA) is 69.7 Å². The van der Waals surface area contributed by atoms with Crippen LogP contribution in [-0.2, 0) is 38.6 Å². The Morgan fingerprint density at radius 1 is 0.914 bits per heavy atom. The molecule has 182 valence electrons. The molecule has 0 N–H and O–H groups in total. The predicted octanol–water partition coefficient (Wildman–Crippen LogP) is 5.54. The summed E-state index contributed by atoms with van der Waals surface area (Å²) in [5.41, 5.74) is 5.34. The number of hydrogen-bond donors (Lipinski definition) is 0. The average Bonchev–Trinajstić information content (AvgIpc) is 3.15. The van der Waals surface area contributed by atoms with Crippen LogP contribution in [0.25, 0.3) is 5.57 Å². The lowest BCUT2D eigenvalue weighted by atomic mass is 9.92. The van der Waals surface area contributed by atoms with Gasteiger partial charge in [0.05, 0.1) is 25.0 Å². The molecule has 0 spiro atoms. The van der Waals surface area contributed by atoms with E-state index in [-0.39, 0.29) is 12.4 Å². The molecule has 0 aliphatic carbocycles. The first kappa shape index (κ1) is 24.7. The van der Waals surface area contributed by atoms with Crippen LogP contribution in [0, 0.1) is 0 Å². The molecule has 0 radical (unpaired) electrons. The van der Waals surface area contributed by atoms with Crippen molar-refractivity contribution in [3.63, 3.8) is 0 Å². The second-order valence-electron chi connectivity index (χ2n) is 8.62. The van der Waals surface area contributed by atoms with Gasteiger partial charge in [-0.2, -0.15) is 0 Å². The fourth-order valence-electron chi connectivity index (χ4n) is 4.48. The van der Waals surface area contributed by atoms with E-state index in [9.17, 15) is 13.2 Å². The summed E-state index contributed by atoms with van der Waals surface area (Å²) in [4.78, 5) is 11.9. The Labute approximate surface area is 207 Å². The van der Waals surface area contributed by atoms with E-state index in [1.807, 2.05) is 60.7 Å². The Kier molecular flexibility index (Phi) is 7.71. The van der Waals surface area contributed by atoms with Crippen molar-refractivity contribution in [3.05, 3.63) is 100.0 Å². The molecule has 1 heterocycles. The number of carbonyl (C=O) groups excluding carboxylic acids is 1. The molecule has 4 rings (SSSR count). The van der Waals surface area contributed by atoms with Crippen LogP contribution in [0.4, 0.5) is 0 Å². The van der Waals surface area contributed by atoms with Gasteiger partial charge < -0.3 is 9.47 Å². The monoisotopic (exact) mass is 490 g/mol. The summed E-state index contributed by atoms with van der Waals surface area (Å²) in [5.74, 6) is 0.463. The molecule has 0 unspecified atom stereocenters. The highest BCUT2D eigenvalue weighted by Gasteiger charge is 2.31. The molecule has 6 heteroatoms. The predicted molar refractivity (Wildman–Crippen MR) is 137 cm³/mol. The second kappa shape index (κ2) is 10.9. The van der Waals surface area contributed by atoms with Crippen molar-refractivity contribution in [1.82, 2.24) is 0 Å². The Morgan fingerprint density at radius 3 is 2.34 bits per heavy atom. The van der Waals surface area contributed by atoms with Crippen LogP contribution < -0.4 is 4.74 Å². The van der Waals surface area contributed by atoms with E-state index < -0.39 is 9.84 Å². The first-order chi connectivity index (χ1) is 16.9. The van der Waals surface area contributed by atoms with Crippen molar-refractivity contribution in [2.24, 2.45) is 0 Å². The van der Waals surface area contributed by atoms with Crippen LogP contribution >= 0.6 is 0 Å². The first-order valence-corrected chi connectivity index (χ1v) is 13.4. The van der Waals surface area contributed by atoms with E-state index in [4.69, 9.17) is 9.47 Å². The van der Waals surface area contributed by atoms with Crippen molar-refractivity contribution in [2.45, 2.75) is 43.9 Å². The van der Waals surface area contributed by atoms with Crippen LogP contribution in [-0.4, -0.2) is 28.1 Å². The molecule has 0 amide bonds. The highest BCUT2D eigenvalue weighted by Crippen LogP contribution is 2.41. The van der Waals surface area contributed by atoms with Crippen molar-refractivity contribution in [1.29, 1.82) is 0 Å². The molecule has 0 fully saturated rings. The number of esters is 1. The molecule has 0 atom stereocenters. The summed E-state index contributed by atoms with van der Waals surface area (Å²) in [5, 5.41) is 1.42. The Bertz CT molecular complexity index is 1320. The molecule has 1 aliphatic rings. The normalized spacial score (nSPS) is 13.7. The number of carbonyl (C=O) groups is 1. The zero-order valence-electron chi connectivity index (χ0n) is 20.1. The highest BCUT2D eigenvalue weighted by molar-refractivity contribution is 7.95. The molecule has 0 bridgehead atoms. The number of sulfone groups is 1. The smallest absolute Gasteiger partial charge is 0.309 e. The lowest BCUT2D eigenvalue weighted by Gasteiger charge is -2.15. The van der Waals surface area contributed by atoms with Crippen LogP contribution in [0.2, 0.25) is 0 Å². The van der Waals surface area contributed by atoms with Gasteiger partial charge in [0.2, 0.25) is 9.84 Å². The van der Waals surface area contributed by atoms with Gasteiger partial charge in [-0.15, -0.1) is 0 Å². The molecule has 0 saturated heterocycles. The van der Waals surface area contributed by atoms with Gasteiger partial charge in [-0.1, -0.05) is 67.9 Å². The van der Waals surface area contributed by atoms with E-state index in [0.717, 1.165) is 64.8 Å². The molecule has 0 aromatic heterocycles. The number of benzene rings is 3. The molecular weight excluding hydrogens is 460 g/mol. The molecule has 1 aliphatic heterocycles. The van der Waals surface area contributed by atoms with Crippen LogP contribution in [0.5, 0.6) is 5.75 Å². The summed E-state index contributed by atoms with van der Waals surface area (Å²) in [6, 6.07) is 21.1. The molecule has 3 aromatic rings. The summed E-state index contributed by atoms with van der Waals surface area (Å²) >= 11 is 0. The third kappa shape index (κ3) is 5.65. The van der Waals surface area contributed by atoms with E-state index in [1.54, 1.807) is 0 Å². The number of ether oxygens (including phenoxy) is 2. The van der Waals surface area contributed by atoms with Crippen LogP contribution in [0.3, 0.4) is 0 Å². The van der Waals surface area contributed by atoms with Gasteiger partial charge in [-0.3, -0.25) is 4.79 Å². The maximum atomic E-state index is 13.2. The standard InChI is InChI=1S/C29H30O5S/c1-3-8-25-23(11-7-18-34-24-15-12-21(13-16-24)19-28(30)33-2)14-17-26-27(20-35(31,32)29(25)26)22-9-5-4-6-10-22/h4-6,9-10,12-17,20H,3,7-8,11,18-19H2,1-2H3. The maximum Gasteiger partial charge on any atom is 0.309 e. The maximum absolute atomic E-state index is 13.2. The quantitative estimate of drug-likeness (QED) is 0.276. The van der Waals surface area contributed by atoms with Crippen molar-refractivity contribution < 1.29 is 22.7 Å². The minimum absolute atomic E-state index is 0.235. The first-order valence-electron chi connectivity index (χ1n) is 11.9. The third-order valence-corrected chi connectivity index (χ3v) is 7.73. The van der Waals surface area contributed by atoms with Crippen molar-refractivity contribution >= 4 is 21.4 Å². The highest BCUT2D eigenvalue weighted by atomic mass is 32.2. The van der Waals surface area contributed by atoms with E-state index >= 15 is 0 Å². The zero-order valence-corrected chi connectivity index (χ0v) is 20.9. The number of methoxy groups -OCH3 is 1. The van der Waals surface area contributed by atoms with E-state index in [0.29, 0.717) is 11.5 Å². The fourth-order valence-corrected chi connectivity index (χ4v) is 6.23. The van der Waals surface area contributed by atoms with Crippen LogP contribution in [0.15, 0.2) is 77.0 Å². The number of aryl methyl sites for hydroxylation is 1. The van der Waals surface area contributed by atoms with Gasteiger partial charge in [0.25, 0.3) is 0 Å². The Balaban J connectivity index is 1.46. The largest absolute Gasteiger partial charge is 0.494 e. The van der Waals surface area contributed by atoms with Gasteiger partial charge in [0.1, 0.15) is 5.75 Å². The number of fused-ring (bicyclic) bond motifs is 1. The lowest BCUT2D eigenvalue weighted by Crippen LogP contribution is -2.07. The van der Waals surface area contributed by atoms with Gasteiger partial charge in [0, 0.05) is 16.5 Å². The van der Waals surface area contributed by atoms with E-state index in [1.165, 1.54) is 12.5 Å². The van der Waals surface area contributed by atoms with Crippen molar-refractivity contribution in [3.8, 4) is 5.75 Å². The Hall–Kier alpha value is -3.38. The number of rotatable bonds is 10. The van der Waals surface area contributed by atoms with E-state index in [2.05, 4.69) is 13.0 Å². The second-order valence-corrected chi connectivity index (χ2v) is 10.4. The minimum atomic E-state index is -3.49. The minimum Gasteiger partial charge on any atom is -0.494 e. The average molecular weight is 491 g/mol. The van der Waals surface area contributed by atoms with Crippen molar-refractivity contribution in [2.75, 3.05) is 13.7 Å². The van der Waals surface area contributed by atoms with Gasteiger partial charge >= 0.3 is 5.97 Å². The van der Waals surface area contributed by atoms with Gasteiger partial charge in [0.15, 0.2) is 0 Å². The molecule has 3 aromatic carbocycles. The Morgan fingerprint density at radius 2 is 1.66 bits per heavy atom. The van der Waals surface area contributed by atoms with Gasteiger partial charge in [-0.25, -0.2) is 8.42 Å². The number of hydrogen-bond acceptors (Lipinski definition) is 5. The molecule has 0 saturated carbocycles. The molecule has 35 heavy (non-hydrogen) atoms. The lowest BCUT2D eigenvalue weighted by molar-refractivity contribution is -0.139. The molecule has 5 nitrogen and oxygen atoms in total. The summed E-state index contributed by atoms with van der Waals surface area (Å²) in [6.45, 7) is 2.59.